The summed E-state index contributed by atoms with van der Waals surface area (Å²) < 4.78 is 15.0. The van der Waals surface area contributed by atoms with Crippen LogP contribution in [0.3, 0.4) is 0 Å². The maximum absolute atomic E-state index is 13.5. The van der Waals surface area contributed by atoms with Crippen LogP contribution in [0.5, 0.6) is 0 Å². The molecule has 1 N–H and O–H groups in total. The standard InChI is InChI=1S/C12H13FN4OS/c1-17-7-15-11(16-17)4-5-14-12(18)9-6-8(19)2-3-10(9)13/h2-3,6-7,19H,4-5H2,1H3,(H,14,18). The summed E-state index contributed by atoms with van der Waals surface area (Å²) in [5, 5.41) is 6.70. The molecule has 0 radical (unpaired) electrons. The van der Waals surface area contributed by atoms with E-state index in [4.69, 9.17) is 0 Å². The van der Waals surface area contributed by atoms with E-state index in [2.05, 4.69) is 28.0 Å². The second kappa shape index (κ2) is 5.83. The molecule has 100 valence electrons. The highest BCUT2D eigenvalue weighted by Gasteiger charge is 2.11. The number of nitrogens with one attached hydrogen (secondary N) is 1. The summed E-state index contributed by atoms with van der Waals surface area (Å²) >= 11 is 4.08. The van der Waals surface area contributed by atoms with Gasteiger partial charge in [-0.1, -0.05) is 0 Å². The van der Waals surface area contributed by atoms with Crippen LogP contribution >= 0.6 is 12.6 Å². The second-order valence-electron chi connectivity index (χ2n) is 4.00. The number of amides is 1. The average Bonchev–Trinajstić information content (AvgIpc) is 2.78. The fraction of sp³-hybridized carbons (Fsp3) is 0.250. The Hall–Kier alpha value is -1.89. The fourth-order valence-corrected chi connectivity index (χ4v) is 1.77. The number of thiol groups is 1. The third-order valence-electron chi connectivity index (χ3n) is 2.48. The lowest BCUT2D eigenvalue weighted by Gasteiger charge is -2.05. The molecule has 0 bridgehead atoms. The van der Waals surface area contributed by atoms with Crippen molar-refractivity contribution in [2.45, 2.75) is 11.3 Å². The first kappa shape index (κ1) is 13.5. The molecule has 0 fully saturated rings. The van der Waals surface area contributed by atoms with Crippen molar-refractivity contribution >= 4 is 18.5 Å². The molecule has 0 aliphatic rings. The van der Waals surface area contributed by atoms with Gasteiger partial charge in [-0.2, -0.15) is 5.10 Å². The average molecular weight is 280 g/mol. The van der Waals surface area contributed by atoms with E-state index in [9.17, 15) is 9.18 Å². The molecule has 2 rings (SSSR count). The largest absolute Gasteiger partial charge is 0.351 e. The second-order valence-corrected chi connectivity index (χ2v) is 4.52. The van der Waals surface area contributed by atoms with Crippen LogP contribution in [0, 0.1) is 5.82 Å². The zero-order valence-corrected chi connectivity index (χ0v) is 11.2. The van der Waals surface area contributed by atoms with Crippen LogP contribution in [0.2, 0.25) is 0 Å². The predicted molar refractivity (Wildman–Crippen MR) is 70.7 cm³/mol. The van der Waals surface area contributed by atoms with Gasteiger partial charge in [-0.05, 0) is 18.2 Å². The molecule has 1 aromatic carbocycles. The van der Waals surface area contributed by atoms with Gasteiger partial charge in [-0.3, -0.25) is 9.48 Å². The summed E-state index contributed by atoms with van der Waals surface area (Å²) in [6.45, 7) is 0.346. The lowest BCUT2D eigenvalue weighted by molar-refractivity contribution is 0.0949. The van der Waals surface area contributed by atoms with E-state index in [-0.39, 0.29) is 5.56 Å². The summed E-state index contributed by atoms with van der Waals surface area (Å²) in [7, 11) is 1.77. The first-order valence-corrected chi connectivity index (χ1v) is 6.12. The van der Waals surface area contributed by atoms with Crippen molar-refractivity contribution in [3.8, 4) is 0 Å². The summed E-state index contributed by atoms with van der Waals surface area (Å²) in [4.78, 5) is 16.4. The van der Waals surface area contributed by atoms with E-state index < -0.39 is 11.7 Å². The molecule has 0 unspecified atom stereocenters. The maximum Gasteiger partial charge on any atom is 0.254 e. The zero-order valence-electron chi connectivity index (χ0n) is 10.3. The first-order chi connectivity index (χ1) is 9.06. The highest BCUT2D eigenvalue weighted by atomic mass is 32.1. The predicted octanol–water partition coefficient (Wildman–Crippen LogP) is 1.22. The topological polar surface area (TPSA) is 59.8 Å². The number of nitrogens with zero attached hydrogens (tertiary/aromatic N) is 3. The highest BCUT2D eigenvalue weighted by Crippen LogP contribution is 2.13. The number of rotatable bonds is 4. The number of carbonyl (C=O) groups is 1. The van der Waals surface area contributed by atoms with Crippen LogP contribution in [-0.2, 0) is 13.5 Å². The number of carbonyl (C=O) groups excluding carboxylic acids is 1. The first-order valence-electron chi connectivity index (χ1n) is 5.67. The van der Waals surface area contributed by atoms with E-state index in [1.165, 1.54) is 18.2 Å². The Morgan fingerprint density at radius 2 is 2.32 bits per heavy atom. The molecule has 0 saturated heterocycles. The summed E-state index contributed by atoms with van der Waals surface area (Å²) in [5.41, 5.74) is -0.0125. The molecule has 1 amide bonds. The maximum atomic E-state index is 13.5. The number of aromatic nitrogens is 3. The van der Waals surface area contributed by atoms with Crippen molar-refractivity contribution < 1.29 is 9.18 Å². The van der Waals surface area contributed by atoms with Gasteiger partial charge in [0.25, 0.3) is 5.91 Å². The van der Waals surface area contributed by atoms with Crippen molar-refractivity contribution in [3.63, 3.8) is 0 Å². The summed E-state index contributed by atoms with van der Waals surface area (Å²) in [6, 6.07) is 4.11. The number of benzene rings is 1. The van der Waals surface area contributed by atoms with Crippen molar-refractivity contribution in [1.29, 1.82) is 0 Å². The number of halogens is 1. The van der Waals surface area contributed by atoms with E-state index in [1.54, 1.807) is 18.1 Å². The van der Waals surface area contributed by atoms with E-state index in [1.807, 2.05) is 0 Å². The molecule has 0 spiro atoms. The van der Waals surface area contributed by atoms with Crippen LogP contribution in [0.15, 0.2) is 29.4 Å². The van der Waals surface area contributed by atoms with Crippen LogP contribution < -0.4 is 5.32 Å². The van der Waals surface area contributed by atoms with Crippen LogP contribution in [-0.4, -0.2) is 27.2 Å². The van der Waals surface area contributed by atoms with Crippen LogP contribution in [0.1, 0.15) is 16.2 Å². The molecule has 5 nitrogen and oxygen atoms in total. The molecular weight excluding hydrogens is 267 g/mol. The molecule has 1 heterocycles. The smallest absolute Gasteiger partial charge is 0.254 e. The lowest BCUT2D eigenvalue weighted by atomic mass is 10.2. The third-order valence-corrected chi connectivity index (χ3v) is 2.75. The Morgan fingerprint density at radius 1 is 1.53 bits per heavy atom. The van der Waals surface area contributed by atoms with Gasteiger partial charge in [0.05, 0.1) is 5.56 Å². The Balaban J connectivity index is 1.92. The van der Waals surface area contributed by atoms with E-state index in [0.29, 0.717) is 23.7 Å². The van der Waals surface area contributed by atoms with Gasteiger partial charge in [0, 0.05) is 24.9 Å². The van der Waals surface area contributed by atoms with Gasteiger partial charge in [0.1, 0.15) is 12.1 Å². The highest BCUT2D eigenvalue weighted by molar-refractivity contribution is 7.80. The SMILES string of the molecule is Cn1cnc(CCNC(=O)c2cc(S)ccc2F)n1. The number of hydrogen-bond donors (Lipinski definition) is 2. The van der Waals surface area contributed by atoms with Gasteiger partial charge in [0.15, 0.2) is 5.82 Å². The van der Waals surface area contributed by atoms with Gasteiger partial charge in [-0.15, -0.1) is 12.6 Å². The molecule has 0 atom stereocenters. The van der Waals surface area contributed by atoms with Gasteiger partial charge in [-0.25, -0.2) is 9.37 Å². The van der Waals surface area contributed by atoms with Gasteiger partial charge in [0.2, 0.25) is 0 Å². The minimum absolute atomic E-state index is 0.0125. The third kappa shape index (κ3) is 3.54. The minimum Gasteiger partial charge on any atom is -0.351 e. The molecule has 0 aliphatic carbocycles. The number of aryl methyl sites for hydroxylation is 1. The molecule has 0 saturated carbocycles. The van der Waals surface area contributed by atoms with Crippen LogP contribution in [0.25, 0.3) is 0 Å². The molecule has 19 heavy (non-hydrogen) atoms. The Bertz CT molecular complexity index is 599. The molecular formula is C12H13FN4OS. The fourth-order valence-electron chi connectivity index (χ4n) is 1.57. The lowest BCUT2D eigenvalue weighted by Crippen LogP contribution is -2.26. The number of hydrogen-bond acceptors (Lipinski definition) is 4. The van der Waals surface area contributed by atoms with E-state index >= 15 is 0 Å². The quantitative estimate of drug-likeness (QED) is 0.828. The Labute approximate surface area is 115 Å². The van der Waals surface area contributed by atoms with E-state index in [0.717, 1.165) is 0 Å². The molecule has 0 aliphatic heterocycles. The minimum atomic E-state index is -0.564. The van der Waals surface area contributed by atoms with Crippen molar-refractivity contribution in [2.24, 2.45) is 7.05 Å². The van der Waals surface area contributed by atoms with Crippen molar-refractivity contribution in [3.05, 3.63) is 41.7 Å². The van der Waals surface area contributed by atoms with Gasteiger partial charge < -0.3 is 5.32 Å². The summed E-state index contributed by atoms with van der Waals surface area (Å²) in [6.07, 6.45) is 2.08. The Kier molecular flexibility index (Phi) is 4.16. The zero-order chi connectivity index (χ0) is 13.8. The summed E-state index contributed by atoms with van der Waals surface area (Å²) in [5.74, 6) is -0.401. The molecule has 1 aromatic heterocycles. The molecule has 2 aromatic rings. The van der Waals surface area contributed by atoms with Crippen molar-refractivity contribution in [2.75, 3.05) is 6.54 Å². The van der Waals surface area contributed by atoms with Crippen molar-refractivity contribution in [1.82, 2.24) is 20.1 Å². The monoisotopic (exact) mass is 280 g/mol. The molecule has 7 heteroatoms. The Morgan fingerprint density at radius 3 is 3.00 bits per heavy atom. The van der Waals surface area contributed by atoms with Crippen LogP contribution in [0.4, 0.5) is 4.39 Å². The van der Waals surface area contributed by atoms with Gasteiger partial charge >= 0.3 is 0 Å². The normalized spacial score (nSPS) is 10.5.